The molecule has 4 nitrogen and oxygen atoms in total. The Hall–Kier alpha value is -1.68. The second-order valence-corrected chi connectivity index (χ2v) is 5.43. The molecule has 0 spiro atoms. The number of aryl methyl sites for hydroxylation is 1. The molecule has 4 heteroatoms. The van der Waals surface area contributed by atoms with Crippen LogP contribution in [0.3, 0.4) is 0 Å². The number of hydrogen-bond donors (Lipinski definition) is 1. The maximum absolute atomic E-state index is 12.3. The van der Waals surface area contributed by atoms with Gasteiger partial charge < -0.3 is 9.67 Å². The molecule has 0 saturated carbocycles. The van der Waals surface area contributed by atoms with E-state index in [1.54, 1.807) is 0 Å². The van der Waals surface area contributed by atoms with Crippen LogP contribution in [0.5, 0.6) is 0 Å². The summed E-state index contributed by atoms with van der Waals surface area (Å²) >= 11 is 0. The van der Waals surface area contributed by atoms with Crippen LogP contribution < -0.4 is 0 Å². The first-order valence-corrected chi connectivity index (χ1v) is 7.77. The third-order valence-corrected chi connectivity index (χ3v) is 4.21. The average Bonchev–Trinajstić information content (AvgIpc) is 2.85. The zero-order valence-electron chi connectivity index (χ0n) is 13.0. The number of benzene rings is 1. The maximum atomic E-state index is 12.3. The smallest absolute Gasteiger partial charge is 0.169 e. The Labute approximate surface area is 125 Å². The third-order valence-electron chi connectivity index (χ3n) is 4.21. The largest absolute Gasteiger partial charge is 0.385 e. The molecule has 0 aliphatic heterocycles. The van der Waals surface area contributed by atoms with Crippen molar-refractivity contribution < 1.29 is 9.90 Å². The van der Waals surface area contributed by atoms with Crippen molar-refractivity contribution in [3.05, 3.63) is 30.1 Å². The van der Waals surface area contributed by atoms with Crippen LogP contribution in [0.1, 0.15) is 39.4 Å². The molecule has 0 radical (unpaired) electrons. The summed E-state index contributed by atoms with van der Waals surface area (Å²) < 4.78 is 2.05. The van der Waals surface area contributed by atoms with Gasteiger partial charge in [0.05, 0.1) is 17.5 Å². The topological polar surface area (TPSA) is 55.1 Å². The molecule has 1 aromatic heterocycles. The van der Waals surface area contributed by atoms with Crippen molar-refractivity contribution in [1.82, 2.24) is 9.55 Å². The zero-order valence-corrected chi connectivity index (χ0v) is 13.0. The van der Waals surface area contributed by atoms with Crippen LogP contribution >= 0.6 is 0 Å². The van der Waals surface area contributed by atoms with Crippen molar-refractivity contribution in [2.75, 3.05) is 0 Å². The molecular weight excluding hydrogens is 264 g/mol. The van der Waals surface area contributed by atoms with E-state index < -0.39 is 6.10 Å². The van der Waals surface area contributed by atoms with E-state index in [4.69, 9.17) is 0 Å². The quantitative estimate of drug-likeness (QED) is 0.852. The third kappa shape index (κ3) is 3.16. The van der Waals surface area contributed by atoms with Gasteiger partial charge in [-0.25, -0.2) is 4.98 Å². The standard InChI is InChI=1S/C17H24N2O2/c1-4-12(5-2)17(21)15(20)11-16-18-13-9-7-8-10-14(13)19(16)6-3/h7-10,12,17,21H,4-6,11H2,1-3H3. The van der Waals surface area contributed by atoms with Gasteiger partial charge in [-0.1, -0.05) is 38.8 Å². The molecule has 0 fully saturated rings. The molecule has 0 saturated heterocycles. The predicted molar refractivity (Wildman–Crippen MR) is 84.2 cm³/mol. The van der Waals surface area contributed by atoms with E-state index in [1.807, 2.05) is 49.6 Å². The number of imidazole rings is 1. The second kappa shape index (κ2) is 6.85. The SMILES string of the molecule is CCC(CC)C(O)C(=O)Cc1nc2ccccc2n1CC. The summed E-state index contributed by atoms with van der Waals surface area (Å²) in [5.74, 6) is 0.652. The zero-order chi connectivity index (χ0) is 15.4. The minimum absolute atomic E-state index is 0.0388. The first kappa shape index (κ1) is 15.7. The van der Waals surface area contributed by atoms with Crippen LogP contribution in [-0.2, 0) is 17.8 Å². The summed E-state index contributed by atoms with van der Waals surface area (Å²) in [6.07, 6.45) is 0.937. The molecule has 2 rings (SSSR count). The highest BCUT2D eigenvalue weighted by molar-refractivity contribution is 5.86. The van der Waals surface area contributed by atoms with E-state index >= 15 is 0 Å². The lowest BCUT2D eigenvalue weighted by Gasteiger charge is -2.18. The second-order valence-electron chi connectivity index (χ2n) is 5.43. The van der Waals surface area contributed by atoms with E-state index in [9.17, 15) is 9.90 Å². The monoisotopic (exact) mass is 288 g/mol. The van der Waals surface area contributed by atoms with Gasteiger partial charge in [0.1, 0.15) is 11.9 Å². The molecule has 1 unspecified atom stereocenters. The van der Waals surface area contributed by atoms with Crippen molar-refractivity contribution in [3.63, 3.8) is 0 Å². The van der Waals surface area contributed by atoms with Crippen LogP contribution in [-0.4, -0.2) is 26.5 Å². The highest BCUT2D eigenvalue weighted by atomic mass is 16.3. The number of para-hydroxylation sites is 2. The van der Waals surface area contributed by atoms with Gasteiger partial charge in [0.15, 0.2) is 5.78 Å². The molecule has 2 aromatic rings. The lowest BCUT2D eigenvalue weighted by atomic mass is 9.92. The number of Topliss-reactive ketones (excluding diaryl/α,β-unsaturated/α-hetero) is 1. The summed E-state index contributed by atoms with van der Waals surface area (Å²) in [5, 5.41) is 10.2. The molecule has 1 aromatic carbocycles. The number of carbonyl (C=O) groups excluding carboxylic acids is 1. The molecule has 0 bridgehead atoms. The number of rotatable bonds is 7. The number of hydrogen-bond acceptors (Lipinski definition) is 3. The summed E-state index contributed by atoms with van der Waals surface area (Å²) in [7, 11) is 0. The lowest BCUT2D eigenvalue weighted by molar-refractivity contribution is -0.129. The predicted octanol–water partition coefficient (Wildman–Crippen LogP) is 2.96. The fraction of sp³-hybridized carbons (Fsp3) is 0.529. The van der Waals surface area contributed by atoms with Crippen LogP contribution in [0.25, 0.3) is 11.0 Å². The maximum Gasteiger partial charge on any atom is 0.169 e. The van der Waals surface area contributed by atoms with E-state index in [1.165, 1.54) is 0 Å². The summed E-state index contributed by atoms with van der Waals surface area (Å²) in [5.41, 5.74) is 1.94. The van der Waals surface area contributed by atoms with Gasteiger partial charge in [0, 0.05) is 6.54 Å². The van der Waals surface area contributed by atoms with Gasteiger partial charge in [0.25, 0.3) is 0 Å². The highest BCUT2D eigenvalue weighted by Crippen LogP contribution is 2.19. The number of carbonyl (C=O) groups is 1. The number of nitrogens with zero attached hydrogens (tertiary/aromatic N) is 2. The van der Waals surface area contributed by atoms with Crippen molar-refractivity contribution in [2.45, 2.75) is 52.7 Å². The minimum Gasteiger partial charge on any atom is -0.385 e. The van der Waals surface area contributed by atoms with E-state index in [0.29, 0.717) is 0 Å². The minimum atomic E-state index is -0.884. The molecule has 0 amide bonds. The first-order chi connectivity index (χ1) is 10.1. The summed E-state index contributed by atoms with van der Waals surface area (Å²) in [6, 6.07) is 7.88. The lowest BCUT2D eigenvalue weighted by Crippen LogP contribution is -2.31. The molecule has 1 heterocycles. The molecule has 0 aliphatic carbocycles. The number of aliphatic hydroxyl groups is 1. The van der Waals surface area contributed by atoms with Crippen molar-refractivity contribution in [2.24, 2.45) is 5.92 Å². The number of fused-ring (bicyclic) bond motifs is 1. The van der Waals surface area contributed by atoms with Gasteiger partial charge in [-0.15, -0.1) is 0 Å². The van der Waals surface area contributed by atoms with Crippen LogP contribution in [0, 0.1) is 5.92 Å². The van der Waals surface area contributed by atoms with E-state index in [2.05, 4.69) is 4.98 Å². The highest BCUT2D eigenvalue weighted by Gasteiger charge is 2.25. The van der Waals surface area contributed by atoms with Gasteiger partial charge in [0.2, 0.25) is 0 Å². The van der Waals surface area contributed by atoms with Crippen LogP contribution in [0.4, 0.5) is 0 Å². The molecule has 114 valence electrons. The van der Waals surface area contributed by atoms with Crippen molar-refractivity contribution >= 4 is 16.8 Å². The van der Waals surface area contributed by atoms with Gasteiger partial charge >= 0.3 is 0 Å². The Balaban J connectivity index is 2.25. The van der Waals surface area contributed by atoms with E-state index in [-0.39, 0.29) is 18.1 Å². The Morgan fingerprint density at radius 2 is 1.90 bits per heavy atom. The Bertz CT molecular complexity index is 614. The first-order valence-electron chi connectivity index (χ1n) is 7.77. The molecule has 1 atom stereocenters. The van der Waals surface area contributed by atoms with Crippen LogP contribution in [0.15, 0.2) is 24.3 Å². The Kier molecular flexibility index (Phi) is 5.12. The average molecular weight is 288 g/mol. The summed E-state index contributed by atoms with van der Waals surface area (Å²) in [4.78, 5) is 16.9. The summed E-state index contributed by atoms with van der Waals surface area (Å²) in [6.45, 7) is 6.82. The molecule has 0 aliphatic rings. The number of ketones is 1. The molecule has 21 heavy (non-hydrogen) atoms. The fourth-order valence-corrected chi connectivity index (χ4v) is 2.87. The van der Waals surface area contributed by atoms with Crippen LogP contribution in [0.2, 0.25) is 0 Å². The Morgan fingerprint density at radius 1 is 1.24 bits per heavy atom. The van der Waals surface area contributed by atoms with Crippen molar-refractivity contribution in [1.29, 1.82) is 0 Å². The van der Waals surface area contributed by atoms with Crippen molar-refractivity contribution in [3.8, 4) is 0 Å². The molecular formula is C17H24N2O2. The van der Waals surface area contributed by atoms with E-state index in [0.717, 1.165) is 36.2 Å². The Morgan fingerprint density at radius 3 is 2.52 bits per heavy atom. The van der Waals surface area contributed by atoms with Gasteiger partial charge in [-0.05, 0) is 25.0 Å². The van der Waals surface area contributed by atoms with Gasteiger partial charge in [-0.3, -0.25) is 4.79 Å². The fourth-order valence-electron chi connectivity index (χ4n) is 2.87. The number of aromatic nitrogens is 2. The normalized spacial score (nSPS) is 13.0. The molecule has 1 N–H and O–H groups in total. The number of aliphatic hydroxyl groups excluding tert-OH is 1. The van der Waals surface area contributed by atoms with Gasteiger partial charge in [-0.2, -0.15) is 0 Å².